The molecule has 0 atom stereocenters. The summed E-state index contributed by atoms with van der Waals surface area (Å²) in [6.45, 7) is 4.59. The van der Waals surface area contributed by atoms with Crippen molar-refractivity contribution >= 4 is 5.91 Å². The van der Waals surface area contributed by atoms with E-state index in [1.807, 2.05) is 55.5 Å². The second kappa shape index (κ2) is 10.9. The highest BCUT2D eigenvalue weighted by atomic mass is 16.2. The fraction of sp³-hybridized carbons (Fsp3) is 0.346. The van der Waals surface area contributed by atoms with Crippen LogP contribution in [0, 0.1) is 0 Å². The highest BCUT2D eigenvalue weighted by Gasteiger charge is 2.16. The van der Waals surface area contributed by atoms with Gasteiger partial charge in [-0.05, 0) is 46.9 Å². The Morgan fingerprint density at radius 3 is 2.44 bits per heavy atom. The second-order valence-corrected chi connectivity index (χ2v) is 8.43. The third kappa shape index (κ3) is 5.06. The lowest BCUT2D eigenvalue weighted by Crippen LogP contribution is -2.29. The number of imidazole rings is 1. The van der Waals surface area contributed by atoms with Crippen molar-refractivity contribution in [3.8, 4) is 16.8 Å². The Labute approximate surface area is 198 Å². The summed E-state index contributed by atoms with van der Waals surface area (Å²) < 4.78 is 4.68. The number of aromatic nitrogens is 6. The zero-order chi connectivity index (χ0) is 23.9. The highest BCUT2D eigenvalue weighted by molar-refractivity contribution is 5.78. The van der Waals surface area contributed by atoms with Crippen LogP contribution in [0.15, 0.2) is 65.8 Å². The topological polar surface area (TPSA) is 87.6 Å². The monoisotopic (exact) mass is 458 g/mol. The van der Waals surface area contributed by atoms with Crippen LogP contribution >= 0.6 is 0 Å². The van der Waals surface area contributed by atoms with E-state index in [-0.39, 0.29) is 11.6 Å². The molecule has 0 aliphatic carbocycles. The largest absolute Gasteiger partial charge is 0.335 e. The zero-order valence-corrected chi connectivity index (χ0v) is 19.7. The summed E-state index contributed by atoms with van der Waals surface area (Å²) in [5.74, 6) is -0.127. The molecule has 0 N–H and O–H groups in total. The van der Waals surface area contributed by atoms with Crippen LogP contribution in [0.3, 0.4) is 0 Å². The Morgan fingerprint density at radius 2 is 1.74 bits per heavy atom. The first-order valence-corrected chi connectivity index (χ1v) is 11.9. The molecular formula is C26H30N6O2. The molecule has 4 aromatic rings. The van der Waals surface area contributed by atoms with Gasteiger partial charge in [0.05, 0.1) is 12.2 Å². The van der Waals surface area contributed by atoms with Crippen molar-refractivity contribution in [2.45, 2.75) is 58.9 Å². The quantitative estimate of drug-likeness (QED) is 0.349. The Kier molecular flexibility index (Phi) is 7.47. The number of tetrazole rings is 1. The van der Waals surface area contributed by atoms with Crippen molar-refractivity contribution < 1.29 is 4.79 Å². The van der Waals surface area contributed by atoms with Gasteiger partial charge in [-0.3, -0.25) is 9.36 Å². The standard InChI is InChI=1S/C26H30N6O2/c1-3-5-9-22-18-31(25(33)12-6-4-2)26(34)30(22)17-20-13-15-21(16-14-20)23-10-7-8-11-24(23)32-19-27-28-29-32/h7-8,10-11,13-16,18-19H,3-6,9,12,17H2,1-2H3. The molecule has 4 rings (SSSR count). The van der Waals surface area contributed by atoms with Gasteiger partial charge in [-0.15, -0.1) is 5.10 Å². The fourth-order valence-electron chi connectivity index (χ4n) is 4.04. The molecule has 0 bridgehead atoms. The van der Waals surface area contributed by atoms with Gasteiger partial charge in [0.1, 0.15) is 6.33 Å². The molecular weight excluding hydrogens is 428 g/mol. The maximum absolute atomic E-state index is 13.1. The number of nitrogens with zero attached hydrogens (tertiary/aromatic N) is 6. The van der Waals surface area contributed by atoms with Gasteiger partial charge in [-0.1, -0.05) is 69.2 Å². The summed E-state index contributed by atoms with van der Waals surface area (Å²) in [7, 11) is 0. The van der Waals surface area contributed by atoms with Crippen molar-refractivity contribution in [1.29, 1.82) is 0 Å². The predicted molar refractivity (Wildman–Crippen MR) is 131 cm³/mol. The van der Waals surface area contributed by atoms with Crippen LogP contribution in [0.1, 0.15) is 62.0 Å². The predicted octanol–water partition coefficient (Wildman–Crippen LogP) is 4.51. The lowest BCUT2D eigenvalue weighted by molar-refractivity contribution is 0.0894. The van der Waals surface area contributed by atoms with Gasteiger partial charge in [-0.2, -0.15) is 4.68 Å². The molecule has 0 saturated heterocycles. The van der Waals surface area contributed by atoms with Crippen LogP contribution < -0.4 is 5.69 Å². The molecule has 0 amide bonds. The highest BCUT2D eigenvalue weighted by Crippen LogP contribution is 2.26. The number of hydrogen-bond donors (Lipinski definition) is 0. The first kappa shape index (κ1) is 23.4. The van der Waals surface area contributed by atoms with Crippen LogP contribution in [-0.2, 0) is 13.0 Å². The van der Waals surface area contributed by atoms with Gasteiger partial charge in [0.15, 0.2) is 0 Å². The summed E-state index contributed by atoms with van der Waals surface area (Å²) in [4.78, 5) is 25.7. The third-order valence-electron chi connectivity index (χ3n) is 5.97. The Hall–Kier alpha value is -3.81. The molecule has 0 unspecified atom stereocenters. The van der Waals surface area contributed by atoms with E-state index in [4.69, 9.17) is 0 Å². The molecule has 176 valence electrons. The lowest BCUT2D eigenvalue weighted by Gasteiger charge is -2.11. The van der Waals surface area contributed by atoms with Crippen LogP contribution in [0.2, 0.25) is 0 Å². The zero-order valence-electron chi connectivity index (χ0n) is 19.7. The maximum Gasteiger partial charge on any atom is 0.335 e. The molecule has 0 radical (unpaired) electrons. The smallest absolute Gasteiger partial charge is 0.292 e. The van der Waals surface area contributed by atoms with E-state index in [1.165, 1.54) is 4.57 Å². The van der Waals surface area contributed by atoms with Gasteiger partial charge in [-0.25, -0.2) is 9.36 Å². The van der Waals surface area contributed by atoms with Gasteiger partial charge < -0.3 is 0 Å². The van der Waals surface area contributed by atoms with Gasteiger partial charge in [0, 0.05) is 23.9 Å². The molecule has 0 saturated carbocycles. The molecule has 2 heterocycles. The van der Waals surface area contributed by atoms with Crippen molar-refractivity contribution in [2.75, 3.05) is 0 Å². The van der Waals surface area contributed by atoms with E-state index in [9.17, 15) is 9.59 Å². The van der Waals surface area contributed by atoms with Gasteiger partial charge in [0.25, 0.3) is 0 Å². The van der Waals surface area contributed by atoms with E-state index >= 15 is 0 Å². The Morgan fingerprint density at radius 1 is 0.971 bits per heavy atom. The van der Waals surface area contributed by atoms with Crippen molar-refractivity contribution in [2.24, 2.45) is 0 Å². The number of carbonyl (C=O) groups is 1. The summed E-state index contributed by atoms with van der Waals surface area (Å²) in [6.07, 6.45) is 8.19. The number of aryl methyl sites for hydroxylation is 1. The van der Waals surface area contributed by atoms with Gasteiger partial charge >= 0.3 is 5.69 Å². The van der Waals surface area contributed by atoms with E-state index < -0.39 is 0 Å². The molecule has 0 fully saturated rings. The molecule has 0 spiro atoms. The van der Waals surface area contributed by atoms with Crippen molar-refractivity contribution in [1.82, 2.24) is 29.3 Å². The average Bonchev–Trinajstić information content (AvgIpc) is 3.51. The summed E-state index contributed by atoms with van der Waals surface area (Å²) in [6, 6.07) is 16.1. The fourth-order valence-corrected chi connectivity index (χ4v) is 4.04. The number of carbonyl (C=O) groups excluding carboxylic acids is 1. The number of para-hydroxylation sites is 1. The molecule has 8 heteroatoms. The number of benzene rings is 2. The van der Waals surface area contributed by atoms with Crippen LogP contribution in [0.25, 0.3) is 16.8 Å². The number of hydrogen-bond acceptors (Lipinski definition) is 5. The van der Waals surface area contributed by atoms with Crippen molar-refractivity contribution in [3.63, 3.8) is 0 Å². The minimum Gasteiger partial charge on any atom is -0.292 e. The van der Waals surface area contributed by atoms with E-state index in [0.717, 1.165) is 60.2 Å². The minimum absolute atomic E-state index is 0.127. The molecule has 2 aromatic heterocycles. The Bertz CT molecular complexity index is 1290. The number of unbranched alkanes of at least 4 members (excludes halogenated alkanes) is 2. The maximum atomic E-state index is 13.1. The second-order valence-electron chi connectivity index (χ2n) is 8.43. The van der Waals surface area contributed by atoms with Crippen LogP contribution in [0.5, 0.6) is 0 Å². The first-order chi connectivity index (χ1) is 16.6. The lowest BCUT2D eigenvalue weighted by atomic mass is 10.0. The van der Waals surface area contributed by atoms with Crippen LogP contribution in [-0.4, -0.2) is 35.2 Å². The third-order valence-corrected chi connectivity index (χ3v) is 5.97. The average molecular weight is 459 g/mol. The molecule has 34 heavy (non-hydrogen) atoms. The minimum atomic E-state index is -0.250. The SMILES string of the molecule is CCCCC(=O)n1cc(CCCC)n(Cc2ccc(-c3ccccc3-n3cnnn3)cc2)c1=O. The first-order valence-electron chi connectivity index (χ1n) is 11.9. The Balaban J connectivity index is 1.61. The molecule has 8 nitrogen and oxygen atoms in total. The number of rotatable bonds is 10. The molecule has 0 aliphatic heterocycles. The van der Waals surface area contributed by atoms with Crippen LogP contribution in [0.4, 0.5) is 0 Å². The summed E-state index contributed by atoms with van der Waals surface area (Å²) in [5.41, 5.74) is 4.59. The van der Waals surface area contributed by atoms with E-state index in [1.54, 1.807) is 21.8 Å². The summed E-state index contributed by atoms with van der Waals surface area (Å²) in [5, 5.41) is 11.5. The van der Waals surface area contributed by atoms with Crippen molar-refractivity contribution in [3.05, 3.63) is 82.8 Å². The molecule has 2 aromatic carbocycles. The summed E-state index contributed by atoms with van der Waals surface area (Å²) >= 11 is 0. The van der Waals surface area contributed by atoms with Gasteiger partial charge in [0.2, 0.25) is 5.91 Å². The normalized spacial score (nSPS) is 11.1. The van der Waals surface area contributed by atoms with E-state index in [2.05, 4.69) is 22.4 Å². The molecule has 0 aliphatic rings. The van der Waals surface area contributed by atoms with E-state index in [0.29, 0.717) is 13.0 Å².